The first-order valence-electron chi connectivity index (χ1n) is 4.04. The minimum absolute atomic E-state index is 0.757. The molecule has 0 aromatic carbocycles. The van der Waals surface area contributed by atoms with Crippen LogP contribution in [0.2, 0.25) is 4.34 Å². The highest BCUT2D eigenvalue weighted by Gasteiger charge is 2.02. The summed E-state index contributed by atoms with van der Waals surface area (Å²) in [5.41, 5.74) is 1.03. The molecule has 0 saturated heterocycles. The van der Waals surface area contributed by atoms with E-state index in [1.54, 1.807) is 19.5 Å². The first kappa shape index (κ1) is 9.49. The monoisotopic (exact) mass is 225 g/mol. The number of hydrogen-bond donors (Lipinski definition) is 0. The Morgan fingerprint density at radius 3 is 2.86 bits per heavy atom. The van der Waals surface area contributed by atoms with Crippen molar-refractivity contribution in [3.05, 3.63) is 34.9 Å². The minimum atomic E-state index is 0.757. The van der Waals surface area contributed by atoms with Gasteiger partial charge >= 0.3 is 0 Å². The van der Waals surface area contributed by atoms with E-state index in [1.165, 1.54) is 11.3 Å². The van der Waals surface area contributed by atoms with Gasteiger partial charge < -0.3 is 4.74 Å². The van der Waals surface area contributed by atoms with Crippen molar-refractivity contribution in [2.45, 2.75) is 0 Å². The number of methoxy groups -OCH3 is 1. The first-order chi connectivity index (χ1) is 6.79. The van der Waals surface area contributed by atoms with Gasteiger partial charge in [0.1, 0.15) is 5.75 Å². The van der Waals surface area contributed by atoms with Gasteiger partial charge in [-0.15, -0.1) is 11.3 Å². The predicted octanol–water partition coefficient (Wildman–Crippen LogP) is 3.47. The normalized spacial score (nSPS) is 10.1. The summed E-state index contributed by atoms with van der Waals surface area (Å²) < 4.78 is 5.87. The molecule has 2 aromatic rings. The highest BCUT2D eigenvalue weighted by Crippen LogP contribution is 2.31. The van der Waals surface area contributed by atoms with E-state index in [0.717, 1.165) is 20.5 Å². The molecule has 2 aromatic heterocycles. The summed E-state index contributed by atoms with van der Waals surface area (Å²) in [5.74, 6) is 0.757. The fraction of sp³-hybridized carbons (Fsp3) is 0.100. The third kappa shape index (κ3) is 1.89. The second-order valence-corrected chi connectivity index (χ2v) is 4.43. The first-order valence-corrected chi connectivity index (χ1v) is 5.24. The summed E-state index contributed by atoms with van der Waals surface area (Å²) in [5, 5.41) is 0. The summed E-state index contributed by atoms with van der Waals surface area (Å²) in [4.78, 5) is 5.18. The van der Waals surface area contributed by atoms with Gasteiger partial charge in [0, 0.05) is 16.6 Å². The lowest BCUT2D eigenvalue weighted by Gasteiger charge is -2.00. The summed E-state index contributed by atoms with van der Waals surface area (Å²) in [6, 6.07) is 5.79. The van der Waals surface area contributed by atoms with Gasteiger partial charge in [0.2, 0.25) is 0 Å². The molecule has 0 atom stereocenters. The van der Waals surface area contributed by atoms with Crippen molar-refractivity contribution in [2.24, 2.45) is 0 Å². The van der Waals surface area contributed by atoms with E-state index in [-0.39, 0.29) is 0 Å². The number of hydrogen-bond acceptors (Lipinski definition) is 3. The Bertz CT molecular complexity index is 441. The fourth-order valence-electron chi connectivity index (χ4n) is 1.13. The summed E-state index contributed by atoms with van der Waals surface area (Å²) >= 11 is 7.38. The van der Waals surface area contributed by atoms with Crippen molar-refractivity contribution in [1.29, 1.82) is 0 Å². The van der Waals surface area contributed by atoms with Crippen molar-refractivity contribution in [3.8, 4) is 16.2 Å². The number of ether oxygens (including phenoxy) is 1. The van der Waals surface area contributed by atoms with Crippen molar-refractivity contribution in [1.82, 2.24) is 4.98 Å². The van der Waals surface area contributed by atoms with E-state index in [9.17, 15) is 0 Å². The molecule has 0 fully saturated rings. The van der Waals surface area contributed by atoms with Gasteiger partial charge in [-0.3, -0.25) is 4.98 Å². The van der Waals surface area contributed by atoms with Crippen molar-refractivity contribution < 1.29 is 4.74 Å². The van der Waals surface area contributed by atoms with E-state index in [1.807, 2.05) is 18.2 Å². The summed E-state index contributed by atoms with van der Waals surface area (Å²) in [6.45, 7) is 0. The molecule has 4 heteroatoms. The second kappa shape index (κ2) is 3.98. The van der Waals surface area contributed by atoms with Gasteiger partial charge in [-0.1, -0.05) is 11.6 Å². The van der Waals surface area contributed by atoms with Gasteiger partial charge in [0.25, 0.3) is 0 Å². The molecular weight excluding hydrogens is 218 g/mol. The largest absolute Gasteiger partial charge is 0.495 e. The maximum absolute atomic E-state index is 5.85. The molecule has 72 valence electrons. The Kier molecular flexibility index (Phi) is 2.70. The SMILES string of the molecule is COc1cncc(-c2ccc(Cl)s2)c1. The Labute approximate surface area is 91.1 Å². The average molecular weight is 226 g/mol. The quantitative estimate of drug-likeness (QED) is 0.781. The van der Waals surface area contributed by atoms with E-state index in [2.05, 4.69) is 4.98 Å². The fourth-order valence-corrected chi connectivity index (χ4v) is 2.16. The zero-order valence-corrected chi connectivity index (χ0v) is 9.10. The van der Waals surface area contributed by atoms with Crippen LogP contribution in [0.5, 0.6) is 5.75 Å². The third-order valence-electron chi connectivity index (χ3n) is 1.81. The predicted molar refractivity (Wildman–Crippen MR) is 59.1 cm³/mol. The maximum atomic E-state index is 5.85. The smallest absolute Gasteiger partial charge is 0.137 e. The number of rotatable bonds is 2. The van der Waals surface area contributed by atoms with Gasteiger partial charge in [0.15, 0.2) is 0 Å². The lowest BCUT2D eigenvalue weighted by atomic mass is 10.2. The van der Waals surface area contributed by atoms with Crippen LogP contribution in [0, 0.1) is 0 Å². The van der Waals surface area contributed by atoms with E-state index < -0.39 is 0 Å². The van der Waals surface area contributed by atoms with Crippen molar-refractivity contribution in [2.75, 3.05) is 7.11 Å². The van der Waals surface area contributed by atoms with Crippen LogP contribution in [-0.4, -0.2) is 12.1 Å². The molecule has 0 spiro atoms. The molecule has 2 rings (SSSR count). The number of thiophene rings is 1. The molecule has 0 unspecified atom stereocenters. The molecule has 0 amide bonds. The van der Waals surface area contributed by atoms with Gasteiger partial charge in [-0.05, 0) is 18.2 Å². The Balaban J connectivity index is 2.41. The van der Waals surface area contributed by atoms with E-state index >= 15 is 0 Å². The van der Waals surface area contributed by atoms with Gasteiger partial charge in [-0.2, -0.15) is 0 Å². The van der Waals surface area contributed by atoms with Gasteiger partial charge in [-0.25, -0.2) is 0 Å². The van der Waals surface area contributed by atoms with Crippen LogP contribution in [0.1, 0.15) is 0 Å². The number of aromatic nitrogens is 1. The second-order valence-electron chi connectivity index (χ2n) is 2.72. The van der Waals surface area contributed by atoms with Crippen LogP contribution in [-0.2, 0) is 0 Å². The average Bonchev–Trinajstić information content (AvgIpc) is 2.65. The molecule has 0 radical (unpaired) electrons. The van der Waals surface area contributed by atoms with Crippen molar-refractivity contribution in [3.63, 3.8) is 0 Å². The standard InChI is InChI=1S/C10H8ClNOS/c1-13-8-4-7(5-12-6-8)9-2-3-10(11)14-9/h2-6H,1H3. The van der Waals surface area contributed by atoms with E-state index in [4.69, 9.17) is 16.3 Å². The zero-order chi connectivity index (χ0) is 9.97. The number of pyridine rings is 1. The third-order valence-corrected chi connectivity index (χ3v) is 3.09. The molecule has 2 heterocycles. The molecule has 14 heavy (non-hydrogen) atoms. The molecule has 0 aliphatic carbocycles. The van der Waals surface area contributed by atoms with Crippen molar-refractivity contribution >= 4 is 22.9 Å². The van der Waals surface area contributed by atoms with Crippen LogP contribution in [0.25, 0.3) is 10.4 Å². The van der Waals surface area contributed by atoms with Crippen LogP contribution in [0.15, 0.2) is 30.6 Å². The number of nitrogens with zero attached hydrogens (tertiary/aromatic N) is 1. The molecular formula is C10H8ClNOS. The van der Waals surface area contributed by atoms with Crippen LogP contribution in [0.4, 0.5) is 0 Å². The molecule has 0 N–H and O–H groups in total. The topological polar surface area (TPSA) is 22.1 Å². The maximum Gasteiger partial charge on any atom is 0.137 e. The minimum Gasteiger partial charge on any atom is -0.495 e. The van der Waals surface area contributed by atoms with Gasteiger partial charge in [0.05, 0.1) is 17.6 Å². The van der Waals surface area contributed by atoms with Crippen LogP contribution < -0.4 is 4.74 Å². The Morgan fingerprint density at radius 2 is 2.21 bits per heavy atom. The lowest BCUT2D eigenvalue weighted by molar-refractivity contribution is 0.413. The Morgan fingerprint density at radius 1 is 1.36 bits per heavy atom. The molecule has 2 nitrogen and oxygen atoms in total. The highest BCUT2D eigenvalue weighted by atomic mass is 35.5. The molecule has 0 bridgehead atoms. The van der Waals surface area contributed by atoms with E-state index in [0.29, 0.717) is 0 Å². The lowest BCUT2D eigenvalue weighted by Crippen LogP contribution is -1.84. The highest BCUT2D eigenvalue weighted by molar-refractivity contribution is 7.19. The molecule has 0 aliphatic rings. The molecule has 0 aliphatic heterocycles. The molecule has 0 saturated carbocycles. The number of halogens is 1. The zero-order valence-electron chi connectivity index (χ0n) is 7.53. The summed E-state index contributed by atoms with van der Waals surface area (Å²) in [7, 11) is 1.63. The van der Waals surface area contributed by atoms with Crippen LogP contribution in [0.3, 0.4) is 0 Å². The summed E-state index contributed by atoms with van der Waals surface area (Å²) in [6.07, 6.45) is 3.48. The Hall–Kier alpha value is -1.06. The van der Waals surface area contributed by atoms with Crippen LogP contribution >= 0.6 is 22.9 Å².